The molecule has 1 aromatic carbocycles. The largest absolute Gasteiger partial charge is 0.373 e. The first kappa shape index (κ1) is 14.7. The maximum Gasteiger partial charge on any atom is 0.276 e. The summed E-state index contributed by atoms with van der Waals surface area (Å²) < 4.78 is 13.2. The van der Waals surface area contributed by atoms with Crippen LogP contribution in [0.2, 0.25) is 0 Å². The quantitative estimate of drug-likeness (QED) is 0.677. The molecule has 0 unspecified atom stereocenters. The minimum absolute atomic E-state index is 0.0459. The molecule has 2 rings (SSSR count). The fraction of sp³-hybridized carbons (Fsp3) is 0.214. The Labute approximate surface area is 121 Å². The van der Waals surface area contributed by atoms with Crippen LogP contribution < -0.4 is 10.2 Å². The lowest BCUT2D eigenvalue weighted by Gasteiger charge is -2.18. The Morgan fingerprint density at radius 3 is 2.76 bits per heavy atom. The van der Waals surface area contributed by atoms with Gasteiger partial charge in [-0.05, 0) is 17.7 Å². The number of nitrogens with one attached hydrogen (secondary N) is 1. The molecule has 6 nitrogen and oxygen atoms in total. The average molecular weight is 290 g/mol. The van der Waals surface area contributed by atoms with Gasteiger partial charge in [-0.3, -0.25) is 10.1 Å². The third-order valence-corrected chi connectivity index (χ3v) is 2.96. The predicted molar refractivity (Wildman–Crippen MR) is 78.9 cm³/mol. The van der Waals surface area contributed by atoms with Gasteiger partial charge in [0.05, 0.1) is 17.1 Å². The second kappa shape index (κ2) is 6.17. The van der Waals surface area contributed by atoms with Gasteiger partial charge in [0.25, 0.3) is 5.69 Å². The van der Waals surface area contributed by atoms with Gasteiger partial charge in [0.1, 0.15) is 17.5 Å². The summed E-state index contributed by atoms with van der Waals surface area (Å²) in [7, 11) is 3.39. The molecule has 1 heterocycles. The lowest BCUT2D eigenvalue weighted by Crippen LogP contribution is -2.18. The van der Waals surface area contributed by atoms with Crippen LogP contribution in [0.5, 0.6) is 0 Å². The van der Waals surface area contributed by atoms with Gasteiger partial charge in [-0.1, -0.05) is 12.1 Å². The third kappa shape index (κ3) is 3.65. The lowest BCUT2D eigenvalue weighted by atomic mass is 10.2. The Balaban J connectivity index is 2.27. The van der Waals surface area contributed by atoms with Crippen molar-refractivity contribution >= 4 is 17.3 Å². The van der Waals surface area contributed by atoms with E-state index in [9.17, 15) is 14.5 Å². The number of aromatic nitrogens is 1. The van der Waals surface area contributed by atoms with Gasteiger partial charge < -0.3 is 10.2 Å². The normalized spacial score (nSPS) is 10.2. The van der Waals surface area contributed by atoms with Crippen molar-refractivity contribution in [2.45, 2.75) is 6.54 Å². The molecular formula is C14H15FN4O2. The standard InChI is InChI=1S/C14H15FN4O2/c1-16-13-7-12(19(20)21)8-14(17-13)18(2)9-10-4-3-5-11(15)6-10/h3-8H,9H2,1-2H3,(H,16,17). The molecule has 0 atom stereocenters. The highest BCUT2D eigenvalue weighted by Crippen LogP contribution is 2.23. The van der Waals surface area contributed by atoms with E-state index >= 15 is 0 Å². The van der Waals surface area contributed by atoms with E-state index in [1.54, 1.807) is 31.1 Å². The van der Waals surface area contributed by atoms with E-state index in [1.165, 1.54) is 24.3 Å². The van der Waals surface area contributed by atoms with E-state index in [1.807, 2.05) is 0 Å². The molecule has 0 radical (unpaired) electrons. The summed E-state index contributed by atoms with van der Waals surface area (Å²) in [6, 6.07) is 8.95. The Hall–Kier alpha value is -2.70. The summed E-state index contributed by atoms with van der Waals surface area (Å²) >= 11 is 0. The summed E-state index contributed by atoms with van der Waals surface area (Å²) in [5.74, 6) is 0.534. The van der Waals surface area contributed by atoms with E-state index in [0.29, 0.717) is 18.2 Å². The minimum Gasteiger partial charge on any atom is -0.373 e. The first-order chi connectivity index (χ1) is 9.99. The summed E-state index contributed by atoms with van der Waals surface area (Å²) in [5.41, 5.74) is 0.715. The monoisotopic (exact) mass is 290 g/mol. The first-order valence-electron chi connectivity index (χ1n) is 6.29. The van der Waals surface area contributed by atoms with Crippen LogP contribution in [0, 0.1) is 15.9 Å². The molecule has 0 aliphatic heterocycles. The van der Waals surface area contributed by atoms with Crippen molar-refractivity contribution in [3.63, 3.8) is 0 Å². The van der Waals surface area contributed by atoms with Crippen molar-refractivity contribution in [1.82, 2.24) is 4.98 Å². The van der Waals surface area contributed by atoms with Gasteiger partial charge in [0, 0.05) is 20.6 Å². The Bertz CT molecular complexity index is 663. The molecule has 2 aromatic rings. The summed E-state index contributed by atoms with van der Waals surface area (Å²) in [4.78, 5) is 16.5. The fourth-order valence-electron chi connectivity index (χ4n) is 1.92. The number of pyridine rings is 1. The van der Waals surface area contributed by atoms with Gasteiger partial charge in [0.15, 0.2) is 0 Å². The highest BCUT2D eigenvalue weighted by molar-refractivity contribution is 5.55. The van der Waals surface area contributed by atoms with Gasteiger partial charge in [-0.25, -0.2) is 9.37 Å². The number of hydrogen-bond acceptors (Lipinski definition) is 5. The molecule has 0 amide bonds. The van der Waals surface area contributed by atoms with Crippen LogP contribution in [0.15, 0.2) is 36.4 Å². The van der Waals surface area contributed by atoms with Crippen LogP contribution in [0.25, 0.3) is 0 Å². The van der Waals surface area contributed by atoms with Gasteiger partial charge >= 0.3 is 0 Å². The van der Waals surface area contributed by atoms with Crippen molar-refractivity contribution < 1.29 is 9.31 Å². The molecular weight excluding hydrogens is 275 g/mol. The maximum atomic E-state index is 13.2. The molecule has 0 aliphatic rings. The van der Waals surface area contributed by atoms with Crippen LogP contribution in [0.3, 0.4) is 0 Å². The smallest absolute Gasteiger partial charge is 0.276 e. The Morgan fingerprint density at radius 1 is 1.38 bits per heavy atom. The van der Waals surface area contributed by atoms with Crippen LogP contribution in [-0.4, -0.2) is 24.0 Å². The van der Waals surface area contributed by atoms with E-state index in [-0.39, 0.29) is 11.5 Å². The van der Waals surface area contributed by atoms with Crippen molar-refractivity contribution in [1.29, 1.82) is 0 Å². The Morgan fingerprint density at radius 2 is 2.14 bits per heavy atom. The zero-order chi connectivity index (χ0) is 15.4. The van der Waals surface area contributed by atoms with E-state index in [0.717, 1.165) is 5.56 Å². The van der Waals surface area contributed by atoms with Crippen LogP contribution in [-0.2, 0) is 6.54 Å². The SMILES string of the molecule is CNc1cc([N+](=O)[O-])cc(N(C)Cc2cccc(F)c2)n1. The Kier molecular flexibility index (Phi) is 4.32. The van der Waals surface area contributed by atoms with Crippen molar-refractivity contribution in [2.75, 3.05) is 24.3 Å². The number of nitrogens with zero attached hydrogens (tertiary/aromatic N) is 3. The number of benzene rings is 1. The van der Waals surface area contributed by atoms with E-state index in [2.05, 4.69) is 10.3 Å². The molecule has 0 spiro atoms. The number of halogens is 1. The van der Waals surface area contributed by atoms with Crippen LogP contribution in [0.4, 0.5) is 21.7 Å². The van der Waals surface area contributed by atoms with Gasteiger partial charge in [-0.15, -0.1) is 0 Å². The van der Waals surface area contributed by atoms with Crippen molar-refractivity contribution in [3.8, 4) is 0 Å². The summed E-state index contributed by atoms with van der Waals surface area (Å²) in [5, 5.41) is 13.7. The molecule has 0 saturated carbocycles. The van der Waals surface area contributed by atoms with Crippen LogP contribution >= 0.6 is 0 Å². The second-order valence-electron chi connectivity index (χ2n) is 4.56. The van der Waals surface area contributed by atoms with E-state index < -0.39 is 4.92 Å². The highest BCUT2D eigenvalue weighted by Gasteiger charge is 2.13. The third-order valence-electron chi connectivity index (χ3n) is 2.96. The molecule has 1 N–H and O–H groups in total. The summed E-state index contributed by atoms with van der Waals surface area (Å²) in [6.45, 7) is 0.398. The molecule has 0 bridgehead atoms. The highest BCUT2D eigenvalue weighted by atomic mass is 19.1. The molecule has 0 fully saturated rings. The first-order valence-corrected chi connectivity index (χ1v) is 6.29. The van der Waals surface area contributed by atoms with Gasteiger partial charge in [0.2, 0.25) is 0 Å². The second-order valence-corrected chi connectivity index (χ2v) is 4.56. The molecule has 21 heavy (non-hydrogen) atoms. The molecule has 1 aromatic heterocycles. The van der Waals surface area contributed by atoms with Crippen molar-refractivity contribution in [2.24, 2.45) is 0 Å². The van der Waals surface area contributed by atoms with Gasteiger partial charge in [-0.2, -0.15) is 0 Å². The molecule has 0 saturated heterocycles. The lowest BCUT2D eigenvalue weighted by molar-refractivity contribution is -0.384. The predicted octanol–water partition coefficient (Wildman–Crippen LogP) is 2.81. The molecule has 7 heteroatoms. The zero-order valence-corrected chi connectivity index (χ0v) is 11.7. The minimum atomic E-state index is -0.470. The maximum absolute atomic E-state index is 13.2. The number of hydrogen-bond donors (Lipinski definition) is 1. The number of rotatable bonds is 5. The zero-order valence-electron chi connectivity index (χ0n) is 11.7. The molecule has 110 valence electrons. The van der Waals surface area contributed by atoms with Crippen molar-refractivity contribution in [3.05, 3.63) is 57.9 Å². The molecule has 0 aliphatic carbocycles. The summed E-state index contributed by atoms with van der Waals surface area (Å²) in [6.07, 6.45) is 0. The van der Waals surface area contributed by atoms with E-state index in [4.69, 9.17) is 0 Å². The fourth-order valence-corrected chi connectivity index (χ4v) is 1.92. The number of nitro groups is 1. The average Bonchev–Trinajstić information content (AvgIpc) is 2.46. The topological polar surface area (TPSA) is 71.3 Å². The number of anilines is 2. The van der Waals surface area contributed by atoms with Crippen LogP contribution in [0.1, 0.15) is 5.56 Å².